The molecule has 20 heavy (non-hydrogen) atoms. The molecule has 0 aliphatic carbocycles. The monoisotopic (exact) mass is 301 g/mol. The van der Waals surface area contributed by atoms with Crippen molar-refractivity contribution in [2.45, 2.75) is 19.4 Å². The first-order valence-corrected chi connectivity index (χ1v) is 5.97. The molecule has 9 heteroatoms. The van der Waals surface area contributed by atoms with Gasteiger partial charge in [-0.1, -0.05) is 18.5 Å². The average molecular weight is 302 g/mol. The number of urea groups is 1. The van der Waals surface area contributed by atoms with Crippen LogP contribution in [0.25, 0.3) is 0 Å². The zero-order valence-corrected chi connectivity index (χ0v) is 11.2. The van der Waals surface area contributed by atoms with Crippen LogP contribution in [-0.4, -0.2) is 28.1 Å². The third-order valence-corrected chi connectivity index (χ3v) is 2.73. The number of carboxylic acids is 1. The molecule has 3 N–H and O–H groups in total. The highest BCUT2D eigenvalue weighted by Gasteiger charge is 2.18. The van der Waals surface area contributed by atoms with Gasteiger partial charge in [0.25, 0.3) is 5.69 Å². The summed E-state index contributed by atoms with van der Waals surface area (Å²) in [5.41, 5.74) is -0.214. The second-order valence-electron chi connectivity index (χ2n) is 3.82. The first-order chi connectivity index (χ1) is 9.35. The van der Waals surface area contributed by atoms with Crippen molar-refractivity contribution >= 4 is 35.0 Å². The van der Waals surface area contributed by atoms with Crippen LogP contribution < -0.4 is 10.6 Å². The molecule has 1 unspecified atom stereocenters. The summed E-state index contributed by atoms with van der Waals surface area (Å²) in [6, 6.07) is 1.93. The van der Waals surface area contributed by atoms with E-state index >= 15 is 0 Å². The Morgan fingerprint density at radius 1 is 1.50 bits per heavy atom. The molecule has 0 bridgehead atoms. The van der Waals surface area contributed by atoms with Gasteiger partial charge in [0.2, 0.25) is 0 Å². The number of hydrogen-bond acceptors (Lipinski definition) is 4. The van der Waals surface area contributed by atoms with Gasteiger partial charge >= 0.3 is 12.0 Å². The maximum Gasteiger partial charge on any atom is 0.326 e. The smallest absolute Gasteiger partial charge is 0.326 e. The van der Waals surface area contributed by atoms with Crippen molar-refractivity contribution in [3.05, 3.63) is 33.3 Å². The second-order valence-corrected chi connectivity index (χ2v) is 4.23. The topological polar surface area (TPSA) is 122 Å². The molecule has 0 spiro atoms. The van der Waals surface area contributed by atoms with Crippen LogP contribution in [0.15, 0.2) is 18.2 Å². The highest BCUT2D eigenvalue weighted by molar-refractivity contribution is 6.32. The number of anilines is 1. The molecular weight excluding hydrogens is 290 g/mol. The van der Waals surface area contributed by atoms with E-state index in [1.54, 1.807) is 6.92 Å². The molecule has 1 rings (SSSR count). The highest BCUT2D eigenvalue weighted by Crippen LogP contribution is 2.27. The lowest BCUT2D eigenvalue weighted by atomic mass is 10.2. The molecule has 8 nitrogen and oxygen atoms in total. The number of nitrogens with one attached hydrogen (secondary N) is 2. The molecule has 0 radical (unpaired) electrons. The van der Waals surface area contributed by atoms with Crippen molar-refractivity contribution in [3.63, 3.8) is 0 Å². The maximum atomic E-state index is 11.6. The lowest BCUT2D eigenvalue weighted by Gasteiger charge is -2.13. The number of nitrogens with zero attached hydrogens (tertiary/aromatic N) is 1. The molecule has 1 aromatic rings. The van der Waals surface area contributed by atoms with E-state index in [-0.39, 0.29) is 22.8 Å². The maximum absolute atomic E-state index is 11.6. The largest absolute Gasteiger partial charge is 0.480 e. The number of carbonyl (C=O) groups excluding carboxylic acids is 1. The molecule has 0 saturated carbocycles. The van der Waals surface area contributed by atoms with Crippen LogP contribution in [-0.2, 0) is 4.79 Å². The Morgan fingerprint density at radius 2 is 2.15 bits per heavy atom. The van der Waals surface area contributed by atoms with Gasteiger partial charge < -0.3 is 15.7 Å². The Kier molecular flexibility index (Phi) is 5.27. The standard InChI is InChI=1S/C11H12ClN3O5/c1-2-8(10(16)17)14-11(18)13-6-3-4-7(12)9(5-6)15(19)20/h3-5,8H,2H2,1H3,(H,16,17)(H2,13,14,18). The fourth-order valence-electron chi connectivity index (χ4n) is 1.39. The molecule has 108 valence electrons. The average Bonchev–Trinajstić information content (AvgIpc) is 2.37. The van der Waals surface area contributed by atoms with Crippen LogP contribution in [0.5, 0.6) is 0 Å². The van der Waals surface area contributed by atoms with Gasteiger partial charge in [-0.05, 0) is 18.6 Å². The van der Waals surface area contributed by atoms with Gasteiger partial charge in [0.15, 0.2) is 0 Å². The molecule has 0 saturated heterocycles. The molecule has 2 amide bonds. The first-order valence-electron chi connectivity index (χ1n) is 5.59. The summed E-state index contributed by atoms with van der Waals surface area (Å²) in [4.78, 5) is 32.3. The van der Waals surface area contributed by atoms with Gasteiger partial charge in [-0.3, -0.25) is 10.1 Å². The summed E-state index contributed by atoms with van der Waals surface area (Å²) in [5.74, 6) is -1.16. The number of amides is 2. The number of carbonyl (C=O) groups is 2. The van der Waals surface area contributed by atoms with Gasteiger partial charge in [0.05, 0.1) is 4.92 Å². The van der Waals surface area contributed by atoms with Crippen LogP contribution in [0.3, 0.4) is 0 Å². The Morgan fingerprint density at radius 3 is 2.65 bits per heavy atom. The van der Waals surface area contributed by atoms with Crippen molar-refractivity contribution in [1.82, 2.24) is 5.32 Å². The van der Waals surface area contributed by atoms with Crippen LogP contribution in [0.1, 0.15) is 13.3 Å². The van der Waals surface area contributed by atoms with Crippen LogP contribution in [0, 0.1) is 10.1 Å². The van der Waals surface area contributed by atoms with Crippen LogP contribution >= 0.6 is 11.6 Å². The highest BCUT2D eigenvalue weighted by atomic mass is 35.5. The van der Waals surface area contributed by atoms with E-state index in [0.29, 0.717) is 0 Å². The fourth-order valence-corrected chi connectivity index (χ4v) is 1.58. The Bertz CT molecular complexity index is 549. The van der Waals surface area contributed by atoms with E-state index in [0.717, 1.165) is 6.07 Å². The third kappa shape index (κ3) is 4.09. The van der Waals surface area contributed by atoms with Gasteiger partial charge in [-0.25, -0.2) is 9.59 Å². The fraction of sp³-hybridized carbons (Fsp3) is 0.273. The summed E-state index contributed by atoms with van der Waals surface area (Å²) < 4.78 is 0. The summed E-state index contributed by atoms with van der Waals surface area (Å²) in [7, 11) is 0. The summed E-state index contributed by atoms with van der Waals surface area (Å²) >= 11 is 5.63. The minimum atomic E-state index is -1.16. The van der Waals surface area contributed by atoms with E-state index in [1.807, 2.05) is 0 Å². The Balaban J connectivity index is 2.78. The van der Waals surface area contributed by atoms with Gasteiger partial charge in [-0.2, -0.15) is 0 Å². The predicted molar refractivity (Wildman–Crippen MR) is 72.0 cm³/mol. The van der Waals surface area contributed by atoms with Crippen LogP contribution in [0.4, 0.5) is 16.2 Å². The molecule has 1 aromatic carbocycles. The van der Waals surface area contributed by atoms with Crippen LogP contribution in [0.2, 0.25) is 5.02 Å². The zero-order valence-electron chi connectivity index (χ0n) is 10.4. The number of benzene rings is 1. The Labute approximate surface area is 118 Å². The van der Waals surface area contributed by atoms with E-state index in [9.17, 15) is 19.7 Å². The number of rotatable bonds is 5. The van der Waals surface area contributed by atoms with Gasteiger partial charge in [0, 0.05) is 11.8 Å². The summed E-state index contributed by atoms with van der Waals surface area (Å²) in [5, 5.41) is 24.0. The van der Waals surface area contributed by atoms with Crippen molar-refractivity contribution in [2.24, 2.45) is 0 Å². The van der Waals surface area contributed by atoms with E-state index in [4.69, 9.17) is 16.7 Å². The summed E-state index contributed by atoms with van der Waals surface area (Å²) in [6.07, 6.45) is 0.212. The van der Waals surface area contributed by atoms with E-state index in [1.165, 1.54) is 12.1 Å². The summed E-state index contributed by atoms with van der Waals surface area (Å²) in [6.45, 7) is 1.60. The number of hydrogen-bond donors (Lipinski definition) is 3. The molecule has 0 fully saturated rings. The normalized spacial score (nSPS) is 11.5. The Hall–Kier alpha value is -2.35. The van der Waals surface area contributed by atoms with Crippen molar-refractivity contribution < 1.29 is 19.6 Å². The number of halogens is 1. The zero-order chi connectivity index (χ0) is 15.3. The van der Waals surface area contributed by atoms with Crippen molar-refractivity contribution in [3.8, 4) is 0 Å². The number of nitro benzene ring substituents is 1. The number of aliphatic carboxylic acids is 1. The van der Waals surface area contributed by atoms with Gasteiger partial charge in [-0.15, -0.1) is 0 Å². The van der Waals surface area contributed by atoms with Gasteiger partial charge in [0.1, 0.15) is 11.1 Å². The third-order valence-electron chi connectivity index (χ3n) is 2.41. The predicted octanol–water partition coefficient (Wildman–Crippen LogP) is 2.23. The quantitative estimate of drug-likeness (QED) is 0.568. The molecule has 0 heterocycles. The minimum absolute atomic E-state index is 0.0575. The molecular formula is C11H12ClN3O5. The van der Waals surface area contributed by atoms with E-state index < -0.39 is 23.0 Å². The first kappa shape index (κ1) is 15.7. The van der Waals surface area contributed by atoms with E-state index in [2.05, 4.69) is 10.6 Å². The lowest BCUT2D eigenvalue weighted by Crippen LogP contribution is -2.42. The number of carboxylic acid groups (broad SMARTS) is 1. The van der Waals surface area contributed by atoms with Crippen molar-refractivity contribution in [1.29, 1.82) is 0 Å². The van der Waals surface area contributed by atoms with Crippen molar-refractivity contribution in [2.75, 3.05) is 5.32 Å². The molecule has 0 aliphatic rings. The second kappa shape index (κ2) is 6.71. The lowest BCUT2D eigenvalue weighted by molar-refractivity contribution is -0.384. The SMILES string of the molecule is CCC(NC(=O)Nc1ccc(Cl)c([N+](=O)[O-])c1)C(=O)O. The molecule has 0 aliphatic heterocycles. The molecule has 1 atom stereocenters. The molecule has 0 aromatic heterocycles. The number of nitro groups is 1. The minimum Gasteiger partial charge on any atom is -0.480 e.